The van der Waals surface area contributed by atoms with E-state index in [-0.39, 0.29) is 28.4 Å². The van der Waals surface area contributed by atoms with Crippen LogP contribution in [-0.2, 0) is 21.7 Å². The van der Waals surface area contributed by atoms with Gasteiger partial charge in [0.15, 0.2) is 0 Å². The summed E-state index contributed by atoms with van der Waals surface area (Å²) in [5.74, 6) is 0. The molecule has 0 atom stereocenters. The van der Waals surface area contributed by atoms with Crippen molar-refractivity contribution in [1.82, 2.24) is 0 Å². The van der Waals surface area contributed by atoms with E-state index in [9.17, 15) is 0 Å². The third-order valence-corrected chi connectivity index (χ3v) is 17.7. The zero-order valence-electron chi connectivity index (χ0n) is 48.0. The van der Waals surface area contributed by atoms with Gasteiger partial charge in [-0.05, 0) is 162 Å². The monoisotopic (exact) mass is 1040 g/mol. The number of hydrogen-bond acceptors (Lipinski definition) is 4. The van der Waals surface area contributed by atoms with Gasteiger partial charge in [-0.2, -0.15) is 0 Å². The van der Waals surface area contributed by atoms with Gasteiger partial charge in [-0.3, -0.25) is 0 Å². The average molecular weight is 1040 g/mol. The van der Waals surface area contributed by atoms with Crippen molar-refractivity contribution in [2.75, 3.05) is 14.7 Å². The highest BCUT2D eigenvalue weighted by molar-refractivity contribution is 7.00. The molecule has 11 aromatic rings. The summed E-state index contributed by atoms with van der Waals surface area (Å²) in [6.07, 6.45) is 0. The summed E-state index contributed by atoms with van der Waals surface area (Å²) < 4.78 is 6.69. The summed E-state index contributed by atoms with van der Waals surface area (Å²) in [6.45, 7) is 25.7. The standard InChI is InChI=1S/C75H68BN3O/c1-72(2,3)48-30-38-64(59(40-48)47-22-14-12-15-23-47)77(51-24-16-13-17-25-51)53-34-37-62-66(45-53)79(52-32-35-56-55-26-18-20-28-60(55)75(10,11)61(56)44-52)68-43-50(74(7,8)9)42-67-71(68)76(62)63-41-49(73(4,5)6)31-39-65(63)78(67)54-33-36-58-57-27-19-21-29-69(57)80-70(58)46-54/h12-46H,1-11H3. The largest absolute Gasteiger partial charge is 0.456 e. The number of anilines is 9. The minimum atomic E-state index is -0.205. The van der Waals surface area contributed by atoms with Gasteiger partial charge in [0.05, 0.1) is 5.69 Å². The van der Waals surface area contributed by atoms with Crippen LogP contribution in [0.25, 0.3) is 44.2 Å². The molecule has 3 aliphatic rings. The third-order valence-electron chi connectivity index (χ3n) is 17.7. The van der Waals surface area contributed by atoms with Gasteiger partial charge in [0.25, 0.3) is 6.71 Å². The molecule has 0 saturated carbocycles. The summed E-state index contributed by atoms with van der Waals surface area (Å²) in [4.78, 5) is 7.67. The molecule has 2 aliphatic heterocycles. The van der Waals surface area contributed by atoms with Crippen LogP contribution in [0.1, 0.15) is 104 Å². The van der Waals surface area contributed by atoms with Gasteiger partial charge >= 0.3 is 0 Å². The van der Waals surface area contributed by atoms with Crippen LogP contribution in [0, 0.1) is 0 Å². The molecule has 3 heterocycles. The molecule has 0 spiro atoms. The molecule has 14 rings (SSSR count). The topological polar surface area (TPSA) is 22.9 Å². The summed E-state index contributed by atoms with van der Waals surface area (Å²) in [5, 5.41) is 2.25. The molecule has 80 heavy (non-hydrogen) atoms. The predicted octanol–water partition coefficient (Wildman–Crippen LogP) is 19.0. The number of fused-ring (bicyclic) bond motifs is 10. The van der Waals surface area contributed by atoms with Gasteiger partial charge in [0.1, 0.15) is 11.2 Å². The zero-order chi connectivity index (χ0) is 55.2. The first-order valence-corrected chi connectivity index (χ1v) is 28.6. The molecule has 0 fully saturated rings. The Morgan fingerprint density at radius 2 is 1.00 bits per heavy atom. The number of nitrogens with zero attached hydrogens (tertiary/aromatic N) is 3. The molecule has 4 nitrogen and oxygen atoms in total. The maximum atomic E-state index is 6.69. The molecule has 0 N–H and O–H groups in total. The van der Waals surface area contributed by atoms with Crippen molar-refractivity contribution in [2.24, 2.45) is 0 Å². The second-order valence-electron chi connectivity index (χ2n) is 26.2. The molecule has 5 heteroatoms. The van der Waals surface area contributed by atoms with Crippen LogP contribution in [0.2, 0.25) is 0 Å². The third kappa shape index (κ3) is 7.79. The van der Waals surface area contributed by atoms with E-state index in [2.05, 4.69) is 303 Å². The van der Waals surface area contributed by atoms with E-state index < -0.39 is 0 Å². The van der Waals surface area contributed by atoms with E-state index in [1.165, 1.54) is 89.2 Å². The summed E-state index contributed by atoms with van der Waals surface area (Å²) in [6, 6.07) is 80.2. The molecular weight excluding hydrogens is 970 g/mol. The first-order valence-electron chi connectivity index (χ1n) is 28.6. The molecule has 0 bridgehead atoms. The van der Waals surface area contributed by atoms with E-state index in [0.717, 1.165) is 50.4 Å². The van der Waals surface area contributed by atoms with Crippen LogP contribution in [0.3, 0.4) is 0 Å². The fourth-order valence-electron chi connectivity index (χ4n) is 13.3. The van der Waals surface area contributed by atoms with Crippen molar-refractivity contribution in [3.63, 3.8) is 0 Å². The van der Waals surface area contributed by atoms with Crippen LogP contribution in [-0.4, -0.2) is 6.71 Å². The van der Waals surface area contributed by atoms with Crippen LogP contribution in [0.15, 0.2) is 217 Å². The van der Waals surface area contributed by atoms with Crippen LogP contribution < -0.4 is 31.1 Å². The zero-order valence-corrected chi connectivity index (χ0v) is 48.0. The predicted molar refractivity (Wildman–Crippen MR) is 342 cm³/mol. The molecule has 0 unspecified atom stereocenters. The highest BCUT2D eigenvalue weighted by Crippen LogP contribution is 2.53. The normalized spacial score (nSPS) is 14.2. The van der Waals surface area contributed by atoms with E-state index in [0.29, 0.717) is 0 Å². The summed E-state index contributed by atoms with van der Waals surface area (Å²) >= 11 is 0. The molecular formula is C75H68BN3O. The second-order valence-corrected chi connectivity index (χ2v) is 26.2. The lowest BCUT2D eigenvalue weighted by molar-refractivity contribution is 0.590. The molecule has 10 aromatic carbocycles. The highest BCUT2D eigenvalue weighted by atomic mass is 16.3. The Morgan fingerprint density at radius 3 is 1.74 bits per heavy atom. The minimum Gasteiger partial charge on any atom is -0.456 e. The Balaban J connectivity index is 1.08. The molecule has 0 amide bonds. The smallest absolute Gasteiger partial charge is 0.252 e. The van der Waals surface area contributed by atoms with Crippen LogP contribution in [0.4, 0.5) is 51.2 Å². The lowest BCUT2D eigenvalue weighted by atomic mass is 9.33. The SMILES string of the molecule is CC(C)(C)c1ccc2c(c1)B1c3ccc(N(c4ccccc4)c4ccc(C(C)(C)C)cc4-c4ccccc4)cc3N(c3ccc4c(c3)C(C)(C)c3ccccc3-4)c3cc(C(C)(C)C)cc(c31)N2c1ccc2c(c1)oc1ccccc12. The van der Waals surface area contributed by atoms with Gasteiger partial charge in [0.2, 0.25) is 0 Å². The molecule has 1 aliphatic carbocycles. The van der Waals surface area contributed by atoms with Crippen molar-refractivity contribution in [2.45, 2.75) is 97.8 Å². The average Bonchev–Trinajstić information content (AvgIpc) is 4.01. The fourth-order valence-corrected chi connectivity index (χ4v) is 13.3. The van der Waals surface area contributed by atoms with Crippen molar-refractivity contribution in [3.8, 4) is 22.3 Å². The highest BCUT2D eigenvalue weighted by Gasteiger charge is 2.46. The van der Waals surface area contributed by atoms with E-state index >= 15 is 0 Å². The Kier molecular flexibility index (Phi) is 11.0. The maximum absolute atomic E-state index is 6.69. The van der Waals surface area contributed by atoms with E-state index in [1.807, 2.05) is 0 Å². The van der Waals surface area contributed by atoms with Crippen molar-refractivity contribution < 1.29 is 4.42 Å². The molecule has 392 valence electrons. The lowest BCUT2D eigenvalue weighted by Crippen LogP contribution is -2.61. The van der Waals surface area contributed by atoms with Crippen molar-refractivity contribution >= 4 is 96.2 Å². The van der Waals surface area contributed by atoms with Crippen molar-refractivity contribution in [3.05, 3.63) is 240 Å². The number of rotatable bonds is 6. The Bertz CT molecular complexity index is 4300. The Labute approximate surface area is 473 Å². The Hall–Kier alpha value is -8.54. The first kappa shape index (κ1) is 49.7. The summed E-state index contributed by atoms with van der Waals surface area (Å²) in [7, 11) is 0. The maximum Gasteiger partial charge on any atom is 0.252 e. The molecule has 1 aromatic heterocycles. The van der Waals surface area contributed by atoms with Gasteiger partial charge in [-0.15, -0.1) is 0 Å². The molecule has 0 radical (unpaired) electrons. The fraction of sp³-hybridized carbons (Fsp3) is 0.200. The van der Waals surface area contributed by atoms with Gasteiger partial charge in [-0.1, -0.05) is 197 Å². The number of furan rings is 1. The van der Waals surface area contributed by atoms with Crippen LogP contribution in [0.5, 0.6) is 0 Å². The van der Waals surface area contributed by atoms with Gasteiger partial charge < -0.3 is 19.1 Å². The van der Waals surface area contributed by atoms with E-state index in [4.69, 9.17) is 4.42 Å². The number of para-hydroxylation sites is 2. The lowest BCUT2D eigenvalue weighted by Gasteiger charge is -2.45. The minimum absolute atomic E-state index is 0.0468. The van der Waals surface area contributed by atoms with Gasteiger partial charge in [0, 0.05) is 73.3 Å². The van der Waals surface area contributed by atoms with E-state index in [1.54, 1.807) is 0 Å². The molecule has 0 saturated heterocycles. The second kappa shape index (κ2) is 17.7. The number of benzene rings is 10. The number of hydrogen-bond donors (Lipinski definition) is 0. The Morgan fingerprint density at radius 1 is 0.400 bits per heavy atom. The summed E-state index contributed by atoms with van der Waals surface area (Å²) in [5.41, 5.74) is 27.0. The van der Waals surface area contributed by atoms with Crippen LogP contribution >= 0.6 is 0 Å². The van der Waals surface area contributed by atoms with Crippen molar-refractivity contribution in [1.29, 1.82) is 0 Å². The van der Waals surface area contributed by atoms with Gasteiger partial charge in [-0.25, -0.2) is 0 Å². The quantitative estimate of drug-likeness (QED) is 0.155. The first-order chi connectivity index (χ1) is 38.3.